The van der Waals surface area contributed by atoms with Crippen LogP contribution in [0, 0.1) is 25.2 Å². The highest BCUT2D eigenvalue weighted by Gasteiger charge is 2.18. The fourth-order valence-electron chi connectivity index (χ4n) is 3.89. The zero-order valence-corrected chi connectivity index (χ0v) is 18.6. The lowest BCUT2D eigenvalue weighted by atomic mass is 9.92. The highest BCUT2D eigenvalue weighted by molar-refractivity contribution is 5.92. The normalized spacial score (nSPS) is 11.3. The number of fused-ring (bicyclic) bond motifs is 1. The first-order valence-corrected chi connectivity index (χ1v) is 10.4. The molecule has 0 atom stereocenters. The molecule has 3 aromatic rings. The molecule has 1 amide bonds. The summed E-state index contributed by atoms with van der Waals surface area (Å²) >= 11 is 0. The Kier molecular flexibility index (Phi) is 6.21. The largest absolute Gasteiger partial charge is 0.326 e. The number of nitrogens with one attached hydrogen (secondary N) is 1. The Labute approximate surface area is 177 Å². The maximum Gasteiger partial charge on any atom is 0.224 e. The number of amides is 1. The van der Waals surface area contributed by atoms with E-state index in [0.717, 1.165) is 33.8 Å². The van der Waals surface area contributed by atoms with E-state index in [1.54, 1.807) is 4.52 Å². The lowest BCUT2D eigenvalue weighted by molar-refractivity contribution is -0.116. The first kappa shape index (κ1) is 21.5. The minimum absolute atomic E-state index is 0.0120. The number of nitrogens with zero attached hydrogens (tertiary/aromatic N) is 4. The van der Waals surface area contributed by atoms with Crippen molar-refractivity contribution in [2.45, 2.75) is 66.2 Å². The summed E-state index contributed by atoms with van der Waals surface area (Å²) in [6.07, 6.45) is 2.45. The molecule has 6 nitrogen and oxygen atoms in total. The number of hydrogen-bond donors (Lipinski definition) is 1. The van der Waals surface area contributed by atoms with Gasteiger partial charge in [0.1, 0.15) is 11.6 Å². The van der Waals surface area contributed by atoms with E-state index in [1.165, 1.54) is 6.20 Å². The van der Waals surface area contributed by atoms with Crippen molar-refractivity contribution in [1.82, 2.24) is 14.6 Å². The van der Waals surface area contributed by atoms with E-state index in [-0.39, 0.29) is 5.91 Å². The Morgan fingerprint density at radius 1 is 1.17 bits per heavy atom. The maximum atomic E-state index is 12.9. The van der Waals surface area contributed by atoms with Crippen LogP contribution in [0.3, 0.4) is 0 Å². The van der Waals surface area contributed by atoms with Crippen molar-refractivity contribution in [2.24, 2.45) is 0 Å². The molecule has 156 valence electrons. The Bertz CT molecular complexity index is 1110. The van der Waals surface area contributed by atoms with Gasteiger partial charge in [0.05, 0.1) is 6.20 Å². The molecule has 0 unspecified atom stereocenters. The van der Waals surface area contributed by atoms with E-state index < -0.39 is 0 Å². The third-order valence-corrected chi connectivity index (χ3v) is 5.57. The second-order valence-corrected chi connectivity index (χ2v) is 8.34. The minimum atomic E-state index is -0.0120. The van der Waals surface area contributed by atoms with Crippen molar-refractivity contribution in [3.8, 4) is 6.07 Å². The quantitative estimate of drug-likeness (QED) is 0.625. The molecule has 0 bridgehead atoms. The summed E-state index contributed by atoms with van der Waals surface area (Å²) in [5.41, 5.74) is 7.01. The number of aromatic nitrogens is 3. The molecule has 0 aliphatic heterocycles. The van der Waals surface area contributed by atoms with Gasteiger partial charge < -0.3 is 5.32 Å². The van der Waals surface area contributed by atoms with Gasteiger partial charge in [-0.15, -0.1) is 0 Å². The van der Waals surface area contributed by atoms with Crippen LogP contribution in [-0.4, -0.2) is 20.5 Å². The fraction of sp³-hybridized carbons (Fsp3) is 0.417. The molecule has 2 heterocycles. The zero-order valence-electron chi connectivity index (χ0n) is 18.6. The number of nitriles is 1. The van der Waals surface area contributed by atoms with E-state index in [1.807, 2.05) is 13.8 Å². The van der Waals surface area contributed by atoms with Gasteiger partial charge in [-0.2, -0.15) is 10.4 Å². The van der Waals surface area contributed by atoms with Crippen molar-refractivity contribution >= 4 is 17.2 Å². The monoisotopic (exact) mass is 403 g/mol. The van der Waals surface area contributed by atoms with Gasteiger partial charge >= 0.3 is 0 Å². The van der Waals surface area contributed by atoms with Gasteiger partial charge in [-0.25, -0.2) is 9.50 Å². The summed E-state index contributed by atoms with van der Waals surface area (Å²) < 4.78 is 1.68. The van der Waals surface area contributed by atoms with Gasteiger partial charge in [-0.05, 0) is 48.8 Å². The summed E-state index contributed by atoms with van der Waals surface area (Å²) in [5, 5.41) is 16.7. The predicted octanol–water partition coefficient (Wildman–Crippen LogP) is 5.04. The molecule has 0 radical (unpaired) electrons. The Morgan fingerprint density at radius 2 is 1.80 bits per heavy atom. The molecule has 30 heavy (non-hydrogen) atoms. The number of anilines is 1. The van der Waals surface area contributed by atoms with Crippen LogP contribution in [0.2, 0.25) is 0 Å². The standard InChI is InChI=1S/C24H29N5O/c1-14(2)19-8-7-9-20(15(3)4)23(19)28-22(30)11-10-21-16(5)27-24-18(12-25)13-26-29(24)17(21)6/h7-9,13-15H,10-11H2,1-6H3,(H,28,30). The number of benzene rings is 1. The van der Waals surface area contributed by atoms with E-state index >= 15 is 0 Å². The third-order valence-electron chi connectivity index (χ3n) is 5.57. The molecular weight excluding hydrogens is 374 g/mol. The van der Waals surface area contributed by atoms with Crippen LogP contribution in [0.25, 0.3) is 5.65 Å². The lowest BCUT2D eigenvalue weighted by Gasteiger charge is -2.20. The Balaban J connectivity index is 1.83. The molecule has 0 saturated carbocycles. The second kappa shape index (κ2) is 8.66. The van der Waals surface area contributed by atoms with Gasteiger partial charge in [-0.1, -0.05) is 45.9 Å². The molecule has 0 fully saturated rings. The highest BCUT2D eigenvalue weighted by atomic mass is 16.1. The van der Waals surface area contributed by atoms with Crippen LogP contribution in [0.15, 0.2) is 24.4 Å². The van der Waals surface area contributed by atoms with Crippen molar-refractivity contribution in [3.63, 3.8) is 0 Å². The van der Waals surface area contributed by atoms with Gasteiger partial charge in [0.2, 0.25) is 5.91 Å². The van der Waals surface area contributed by atoms with Crippen LogP contribution >= 0.6 is 0 Å². The fourth-order valence-corrected chi connectivity index (χ4v) is 3.89. The number of carbonyl (C=O) groups is 1. The number of aryl methyl sites for hydroxylation is 2. The lowest BCUT2D eigenvalue weighted by Crippen LogP contribution is -2.17. The summed E-state index contributed by atoms with van der Waals surface area (Å²) in [4.78, 5) is 17.4. The number of para-hydroxylation sites is 1. The molecule has 3 rings (SSSR count). The molecule has 0 saturated heterocycles. The van der Waals surface area contributed by atoms with Crippen LogP contribution in [0.1, 0.15) is 79.6 Å². The zero-order chi connectivity index (χ0) is 22.0. The van der Waals surface area contributed by atoms with Crippen LogP contribution in [0.4, 0.5) is 5.69 Å². The van der Waals surface area contributed by atoms with E-state index in [4.69, 9.17) is 0 Å². The Morgan fingerprint density at radius 3 is 2.37 bits per heavy atom. The minimum Gasteiger partial charge on any atom is -0.326 e. The molecule has 6 heteroatoms. The SMILES string of the molecule is Cc1nc2c(C#N)cnn2c(C)c1CCC(=O)Nc1c(C(C)C)cccc1C(C)C. The maximum absolute atomic E-state index is 12.9. The first-order chi connectivity index (χ1) is 14.2. The summed E-state index contributed by atoms with van der Waals surface area (Å²) in [6, 6.07) is 8.36. The number of carbonyl (C=O) groups excluding carboxylic acids is 1. The Hall–Kier alpha value is -3.20. The summed E-state index contributed by atoms with van der Waals surface area (Å²) in [7, 11) is 0. The highest BCUT2D eigenvalue weighted by Crippen LogP contribution is 2.32. The molecular formula is C24H29N5O. The van der Waals surface area contributed by atoms with E-state index in [9.17, 15) is 10.1 Å². The topological polar surface area (TPSA) is 83.1 Å². The molecule has 1 N–H and O–H groups in total. The second-order valence-electron chi connectivity index (χ2n) is 8.34. The molecule has 1 aromatic carbocycles. The molecule has 0 aliphatic rings. The van der Waals surface area contributed by atoms with Crippen molar-refractivity contribution in [2.75, 3.05) is 5.32 Å². The van der Waals surface area contributed by atoms with E-state index in [2.05, 4.69) is 67.4 Å². The number of hydrogen-bond acceptors (Lipinski definition) is 4. The van der Waals surface area contributed by atoms with Crippen LogP contribution < -0.4 is 5.32 Å². The first-order valence-electron chi connectivity index (χ1n) is 10.4. The molecule has 0 aliphatic carbocycles. The van der Waals surface area contributed by atoms with Crippen LogP contribution in [-0.2, 0) is 11.2 Å². The van der Waals surface area contributed by atoms with Crippen LogP contribution in [0.5, 0.6) is 0 Å². The van der Waals surface area contributed by atoms with Gasteiger partial charge in [0.25, 0.3) is 0 Å². The summed E-state index contributed by atoms with van der Waals surface area (Å²) in [6.45, 7) is 12.4. The van der Waals surface area contributed by atoms with Gasteiger partial charge in [0.15, 0.2) is 5.65 Å². The van der Waals surface area contributed by atoms with Crippen molar-refractivity contribution < 1.29 is 4.79 Å². The van der Waals surface area contributed by atoms with Gasteiger partial charge in [0, 0.05) is 23.5 Å². The molecule has 2 aromatic heterocycles. The smallest absolute Gasteiger partial charge is 0.224 e. The van der Waals surface area contributed by atoms with Crippen molar-refractivity contribution in [1.29, 1.82) is 5.26 Å². The number of rotatable bonds is 6. The average Bonchev–Trinajstić information content (AvgIpc) is 3.10. The predicted molar refractivity (Wildman–Crippen MR) is 119 cm³/mol. The third kappa shape index (κ3) is 4.06. The van der Waals surface area contributed by atoms with Crippen molar-refractivity contribution in [3.05, 3.63) is 58.0 Å². The van der Waals surface area contributed by atoms with Gasteiger partial charge in [-0.3, -0.25) is 4.79 Å². The summed E-state index contributed by atoms with van der Waals surface area (Å²) in [5.74, 6) is 0.635. The average molecular weight is 404 g/mol. The van der Waals surface area contributed by atoms with E-state index in [0.29, 0.717) is 35.9 Å². The molecule has 0 spiro atoms.